The molecule has 0 aromatic heterocycles. The Morgan fingerprint density at radius 3 is 2.48 bits per heavy atom. The van der Waals surface area contributed by atoms with Crippen molar-refractivity contribution in [1.82, 2.24) is 9.80 Å². The zero-order chi connectivity index (χ0) is 17.9. The third-order valence-electron chi connectivity index (χ3n) is 5.59. The van der Waals surface area contributed by atoms with Crippen LogP contribution in [0.3, 0.4) is 0 Å². The summed E-state index contributed by atoms with van der Waals surface area (Å²) in [6, 6.07) is 9.60. The Balaban J connectivity index is 1.54. The van der Waals surface area contributed by atoms with E-state index in [0.29, 0.717) is 13.0 Å². The van der Waals surface area contributed by atoms with E-state index < -0.39 is 12.0 Å². The highest BCUT2D eigenvalue weighted by molar-refractivity contribution is 5.83. The van der Waals surface area contributed by atoms with Crippen LogP contribution in [-0.4, -0.2) is 59.0 Å². The standard InChI is InChI=1S/C20H26N2O3/c1-16(23)22-15-20(14-18(22)19(24)25)9-12-21(13-10-20)11-5-8-17-6-3-2-4-7-17/h2-8,18H,9-15H2,1H3,(H,24,25). The fourth-order valence-electron chi connectivity index (χ4n) is 4.08. The minimum Gasteiger partial charge on any atom is -0.480 e. The minimum absolute atomic E-state index is 0.0195. The SMILES string of the molecule is CC(=O)N1CC2(CCN(CC=Cc3ccccc3)CC2)CC1C(=O)O. The molecule has 0 saturated carbocycles. The van der Waals surface area contributed by atoms with Gasteiger partial charge in [-0.25, -0.2) is 4.79 Å². The van der Waals surface area contributed by atoms with Crippen LogP contribution in [0.4, 0.5) is 0 Å². The van der Waals surface area contributed by atoms with Gasteiger partial charge in [-0.1, -0.05) is 42.5 Å². The maximum absolute atomic E-state index is 11.8. The van der Waals surface area contributed by atoms with Gasteiger partial charge in [0.15, 0.2) is 0 Å². The summed E-state index contributed by atoms with van der Waals surface area (Å²) in [7, 11) is 0. The first-order chi connectivity index (χ1) is 12.0. The summed E-state index contributed by atoms with van der Waals surface area (Å²) in [5.41, 5.74) is 1.18. The number of piperidine rings is 1. The lowest BCUT2D eigenvalue weighted by molar-refractivity contribution is -0.147. The average molecular weight is 342 g/mol. The van der Waals surface area contributed by atoms with Gasteiger partial charge < -0.3 is 10.0 Å². The number of carbonyl (C=O) groups is 2. The Bertz CT molecular complexity index is 624. The second kappa shape index (κ2) is 7.40. The van der Waals surface area contributed by atoms with Crippen molar-refractivity contribution in [2.24, 2.45) is 5.41 Å². The lowest BCUT2D eigenvalue weighted by atomic mass is 9.76. The first kappa shape index (κ1) is 17.7. The van der Waals surface area contributed by atoms with Crippen LogP contribution in [0.1, 0.15) is 31.7 Å². The van der Waals surface area contributed by atoms with Crippen LogP contribution in [0.2, 0.25) is 0 Å². The molecule has 1 aromatic rings. The highest BCUT2D eigenvalue weighted by Gasteiger charge is 2.48. The van der Waals surface area contributed by atoms with Gasteiger partial charge in [0.25, 0.3) is 0 Å². The third-order valence-corrected chi connectivity index (χ3v) is 5.59. The lowest BCUT2D eigenvalue weighted by Gasteiger charge is -2.38. The molecule has 5 nitrogen and oxygen atoms in total. The van der Waals surface area contributed by atoms with E-state index in [1.807, 2.05) is 18.2 Å². The van der Waals surface area contributed by atoms with Crippen LogP contribution in [-0.2, 0) is 9.59 Å². The van der Waals surface area contributed by atoms with Crippen LogP contribution in [0.25, 0.3) is 6.08 Å². The summed E-state index contributed by atoms with van der Waals surface area (Å²) in [4.78, 5) is 27.2. The van der Waals surface area contributed by atoms with Gasteiger partial charge in [0.2, 0.25) is 5.91 Å². The van der Waals surface area contributed by atoms with Crippen molar-refractivity contribution in [3.8, 4) is 0 Å². The maximum atomic E-state index is 11.8. The predicted octanol–water partition coefficient (Wildman–Crippen LogP) is 2.49. The molecule has 1 aromatic carbocycles. The quantitative estimate of drug-likeness (QED) is 0.913. The molecule has 134 valence electrons. The summed E-state index contributed by atoms with van der Waals surface area (Å²) < 4.78 is 0. The second-order valence-corrected chi connectivity index (χ2v) is 7.32. The number of carboxylic acid groups (broad SMARTS) is 1. The van der Waals surface area contributed by atoms with E-state index >= 15 is 0 Å². The molecular weight excluding hydrogens is 316 g/mol. The van der Waals surface area contributed by atoms with Gasteiger partial charge in [0.05, 0.1) is 0 Å². The normalized spacial score (nSPS) is 23.4. The minimum atomic E-state index is -0.875. The topological polar surface area (TPSA) is 60.9 Å². The Hall–Kier alpha value is -2.14. The molecule has 0 bridgehead atoms. The molecule has 0 radical (unpaired) electrons. The molecule has 1 N–H and O–H groups in total. The fraction of sp³-hybridized carbons (Fsp3) is 0.500. The first-order valence-electron chi connectivity index (χ1n) is 8.93. The third kappa shape index (κ3) is 4.10. The van der Waals surface area contributed by atoms with Gasteiger partial charge in [-0.3, -0.25) is 9.69 Å². The number of nitrogens with zero attached hydrogens (tertiary/aromatic N) is 2. The lowest BCUT2D eigenvalue weighted by Crippen LogP contribution is -2.42. The van der Waals surface area contributed by atoms with Crippen molar-refractivity contribution >= 4 is 18.0 Å². The van der Waals surface area contributed by atoms with Gasteiger partial charge in [-0.15, -0.1) is 0 Å². The number of benzene rings is 1. The molecule has 0 aliphatic carbocycles. The number of carboxylic acids is 1. The molecule has 5 heteroatoms. The Morgan fingerprint density at radius 1 is 1.24 bits per heavy atom. The molecular formula is C20H26N2O3. The first-order valence-corrected chi connectivity index (χ1v) is 8.93. The van der Waals surface area contributed by atoms with E-state index in [0.717, 1.165) is 32.5 Å². The molecule has 1 amide bonds. The van der Waals surface area contributed by atoms with Crippen molar-refractivity contribution < 1.29 is 14.7 Å². The van der Waals surface area contributed by atoms with E-state index in [2.05, 4.69) is 29.2 Å². The van der Waals surface area contributed by atoms with Gasteiger partial charge in [-0.05, 0) is 43.3 Å². The van der Waals surface area contributed by atoms with E-state index in [9.17, 15) is 14.7 Å². The number of carbonyl (C=O) groups excluding carboxylic acids is 1. The van der Waals surface area contributed by atoms with Crippen LogP contribution < -0.4 is 0 Å². The molecule has 2 aliphatic rings. The Kier molecular flexibility index (Phi) is 5.23. The Morgan fingerprint density at radius 2 is 1.92 bits per heavy atom. The number of rotatable bonds is 4. The van der Waals surface area contributed by atoms with Crippen LogP contribution in [0.15, 0.2) is 36.4 Å². The van der Waals surface area contributed by atoms with E-state index in [-0.39, 0.29) is 11.3 Å². The summed E-state index contributed by atoms with van der Waals surface area (Å²) in [6.07, 6.45) is 6.83. The number of aliphatic carboxylic acids is 1. The molecule has 3 rings (SSSR count). The molecule has 2 heterocycles. The maximum Gasteiger partial charge on any atom is 0.326 e. The highest BCUT2D eigenvalue weighted by atomic mass is 16.4. The molecule has 25 heavy (non-hydrogen) atoms. The molecule has 1 spiro atoms. The molecule has 2 fully saturated rings. The zero-order valence-corrected chi connectivity index (χ0v) is 14.7. The van der Waals surface area contributed by atoms with Gasteiger partial charge >= 0.3 is 5.97 Å². The summed E-state index contributed by atoms with van der Waals surface area (Å²) in [5, 5.41) is 9.41. The van der Waals surface area contributed by atoms with Crippen LogP contribution >= 0.6 is 0 Å². The number of amides is 1. The highest BCUT2D eigenvalue weighted by Crippen LogP contribution is 2.43. The van der Waals surface area contributed by atoms with Gasteiger partial charge in [0.1, 0.15) is 6.04 Å². The van der Waals surface area contributed by atoms with Gasteiger partial charge in [0, 0.05) is 20.0 Å². The summed E-state index contributed by atoms with van der Waals surface area (Å²) >= 11 is 0. The monoisotopic (exact) mass is 342 g/mol. The summed E-state index contributed by atoms with van der Waals surface area (Å²) in [6.45, 7) is 4.88. The molecule has 1 unspecified atom stereocenters. The number of hydrogen-bond acceptors (Lipinski definition) is 3. The second-order valence-electron chi connectivity index (χ2n) is 7.32. The largest absolute Gasteiger partial charge is 0.480 e. The van der Waals surface area contributed by atoms with Crippen molar-refractivity contribution in [1.29, 1.82) is 0 Å². The fourth-order valence-corrected chi connectivity index (χ4v) is 4.08. The average Bonchev–Trinajstić information content (AvgIpc) is 2.98. The Labute approximate surface area is 148 Å². The van der Waals surface area contributed by atoms with E-state index in [1.54, 1.807) is 4.90 Å². The number of hydrogen-bond donors (Lipinski definition) is 1. The zero-order valence-electron chi connectivity index (χ0n) is 14.7. The molecule has 1 atom stereocenters. The summed E-state index contributed by atoms with van der Waals surface area (Å²) in [5.74, 6) is -1.00. The van der Waals surface area contributed by atoms with Gasteiger partial charge in [-0.2, -0.15) is 0 Å². The van der Waals surface area contributed by atoms with Crippen molar-refractivity contribution in [2.75, 3.05) is 26.2 Å². The van der Waals surface area contributed by atoms with Crippen LogP contribution in [0, 0.1) is 5.41 Å². The van der Waals surface area contributed by atoms with Crippen LogP contribution in [0.5, 0.6) is 0 Å². The smallest absolute Gasteiger partial charge is 0.326 e. The van der Waals surface area contributed by atoms with E-state index in [1.165, 1.54) is 12.5 Å². The predicted molar refractivity (Wildman–Crippen MR) is 97.0 cm³/mol. The van der Waals surface area contributed by atoms with Crippen molar-refractivity contribution in [3.05, 3.63) is 42.0 Å². The van der Waals surface area contributed by atoms with Crippen molar-refractivity contribution in [2.45, 2.75) is 32.2 Å². The molecule has 2 aliphatic heterocycles. The van der Waals surface area contributed by atoms with E-state index in [4.69, 9.17) is 0 Å². The number of likely N-dealkylation sites (tertiary alicyclic amines) is 2. The van der Waals surface area contributed by atoms with Crippen molar-refractivity contribution in [3.63, 3.8) is 0 Å². The molecule has 2 saturated heterocycles.